The number of rotatable bonds is 1. The maximum Gasteiger partial charge on any atom is 0.0957 e. The maximum atomic E-state index is 5.25. The van der Waals surface area contributed by atoms with E-state index in [1.807, 2.05) is 0 Å². The molecule has 0 saturated carbocycles. The lowest BCUT2D eigenvalue weighted by atomic mass is 10.2. The smallest absolute Gasteiger partial charge is 0.0957 e. The molecule has 42 valence electrons. The van der Waals surface area contributed by atoms with Crippen molar-refractivity contribution in [3.05, 3.63) is 0 Å². The minimum Gasteiger partial charge on any atom is -0.366 e. The molecule has 2 heteroatoms. The van der Waals surface area contributed by atoms with Gasteiger partial charge < -0.3 is 4.74 Å². The van der Waals surface area contributed by atoms with Crippen molar-refractivity contribution in [2.75, 3.05) is 4.43 Å². The second kappa shape index (κ2) is 1.58. The summed E-state index contributed by atoms with van der Waals surface area (Å²) >= 11 is 2.34. The summed E-state index contributed by atoms with van der Waals surface area (Å²) < 4.78 is 6.38. The molecule has 1 atom stereocenters. The molecule has 7 heavy (non-hydrogen) atoms. The number of epoxide rings is 1. The molecule has 0 radical (unpaired) electrons. The Morgan fingerprint density at radius 3 is 2.14 bits per heavy atom. The third kappa shape index (κ3) is 1.08. The molecule has 0 bridgehead atoms. The molecular weight excluding hydrogens is 203 g/mol. The van der Waals surface area contributed by atoms with Crippen molar-refractivity contribution in [3.63, 3.8) is 0 Å². The standard InChI is InChI=1S/C5H9IO/c1-5(2)4(3-6)7-5/h4H,3H2,1-2H3. The number of alkyl halides is 1. The lowest BCUT2D eigenvalue weighted by molar-refractivity contribution is 0.330. The third-order valence-electron chi connectivity index (χ3n) is 1.30. The van der Waals surface area contributed by atoms with Gasteiger partial charge in [-0.05, 0) is 13.8 Å². The van der Waals surface area contributed by atoms with Crippen LogP contribution in [0.5, 0.6) is 0 Å². The Labute approximate surface area is 57.6 Å². The van der Waals surface area contributed by atoms with Gasteiger partial charge in [0.2, 0.25) is 0 Å². The van der Waals surface area contributed by atoms with Crippen molar-refractivity contribution in [3.8, 4) is 0 Å². The highest BCUT2D eigenvalue weighted by Crippen LogP contribution is 2.36. The normalized spacial score (nSPS) is 35.6. The quantitative estimate of drug-likeness (QED) is 0.365. The summed E-state index contributed by atoms with van der Waals surface area (Å²) in [5, 5.41) is 0. The molecule has 1 fully saturated rings. The van der Waals surface area contributed by atoms with Gasteiger partial charge in [0.05, 0.1) is 11.7 Å². The first-order valence-electron chi connectivity index (χ1n) is 2.40. The van der Waals surface area contributed by atoms with E-state index >= 15 is 0 Å². The Balaban J connectivity index is 2.30. The molecule has 1 rings (SSSR count). The van der Waals surface area contributed by atoms with Gasteiger partial charge in [-0.2, -0.15) is 0 Å². The van der Waals surface area contributed by atoms with Crippen LogP contribution in [0, 0.1) is 0 Å². The largest absolute Gasteiger partial charge is 0.366 e. The summed E-state index contributed by atoms with van der Waals surface area (Å²) in [6, 6.07) is 0. The molecule has 0 aromatic rings. The summed E-state index contributed by atoms with van der Waals surface area (Å²) in [6.07, 6.45) is 0.535. The molecule has 0 spiro atoms. The first-order valence-corrected chi connectivity index (χ1v) is 3.93. The first kappa shape index (κ1) is 5.82. The first-order chi connectivity index (χ1) is 3.17. The lowest BCUT2D eigenvalue weighted by Gasteiger charge is -1.87. The molecule has 1 saturated heterocycles. The highest BCUT2D eigenvalue weighted by Gasteiger charge is 2.46. The van der Waals surface area contributed by atoms with Crippen LogP contribution in [-0.2, 0) is 4.74 Å². The van der Waals surface area contributed by atoms with Gasteiger partial charge in [-0.3, -0.25) is 0 Å². The van der Waals surface area contributed by atoms with E-state index < -0.39 is 0 Å². The fourth-order valence-corrected chi connectivity index (χ4v) is 1.79. The van der Waals surface area contributed by atoms with Crippen LogP contribution >= 0.6 is 22.6 Å². The Morgan fingerprint density at radius 2 is 2.14 bits per heavy atom. The third-order valence-corrected chi connectivity index (χ3v) is 2.10. The maximum absolute atomic E-state index is 5.25. The van der Waals surface area contributed by atoms with Crippen molar-refractivity contribution >= 4 is 22.6 Å². The molecule has 1 aliphatic rings. The molecule has 0 aromatic carbocycles. The van der Waals surface area contributed by atoms with E-state index in [-0.39, 0.29) is 5.60 Å². The highest BCUT2D eigenvalue weighted by atomic mass is 127. The summed E-state index contributed by atoms with van der Waals surface area (Å²) in [5.74, 6) is 0. The van der Waals surface area contributed by atoms with Crippen LogP contribution in [-0.4, -0.2) is 16.1 Å². The molecule has 0 N–H and O–H groups in total. The van der Waals surface area contributed by atoms with E-state index in [9.17, 15) is 0 Å². The Morgan fingerprint density at radius 1 is 1.71 bits per heavy atom. The van der Waals surface area contributed by atoms with E-state index in [2.05, 4.69) is 36.4 Å². The van der Waals surface area contributed by atoms with Gasteiger partial charge in [-0.15, -0.1) is 0 Å². The number of halogens is 1. The molecular formula is C5H9IO. The Kier molecular flexibility index (Phi) is 1.32. The summed E-state index contributed by atoms with van der Waals surface area (Å²) in [6.45, 7) is 4.24. The number of hydrogen-bond acceptors (Lipinski definition) is 1. The number of ether oxygens (including phenoxy) is 1. The zero-order valence-electron chi connectivity index (χ0n) is 4.57. The van der Waals surface area contributed by atoms with Crippen molar-refractivity contribution in [2.24, 2.45) is 0 Å². The molecule has 1 unspecified atom stereocenters. The van der Waals surface area contributed by atoms with E-state index in [4.69, 9.17) is 4.74 Å². The molecule has 1 heterocycles. The van der Waals surface area contributed by atoms with Crippen LogP contribution in [0.2, 0.25) is 0 Å². The van der Waals surface area contributed by atoms with Crippen LogP contribution in [0.3, 0.4) is 0 Å². The molecule has 0 aliphatic carbocycles. The van der Waals surface area contributed by atoms with Gasteiger partial charge in [-0.25, -0.2) is 0 Å². The zero-order valence-corrected chi connectivity index (χ0v) is 6.73. The zero-order chi connectivity index (χ0) is 5.49. The monoisotopic (exact) mass is 212 g/mol. The Hall–Kier alpha value is 0.690. The molecule has 0 amide bonds. The van der Waals surface area contributed by atoms with Gasteiger partial charge in [0.1, 0.15) is 0 Å². The second-order valence-electron chi connectivity index (χ2n) is 2.36. The molecule has 1 nitrogen and oxygen atoms in total. The van der Waals surface area contributed by atoms with Crippen molar-refractivity contribution < 1.29 is 4.74 Å². The average Bonchev–Trinajstić information content (AvgIpc) is 2.13. The SMILES string of the molecule is CC1(C)OC1CI. The average molecular weight is 212 g/mol. The summed E-state index contributed by atoms with van der Waals surface area (Å²) in [7, 11) is 0. The van der Waals surface area contributed by atoms with Crippen LogP contribution in [0.25, 0.3) is 0 Å². The van der Waals surface area contributed by atoms with Crippen molar-refractivity contribution in [2.45, 2.75) is 25.6 Å². The van der Waals surface area contributed by atoms with Crippen LogP contribution < -0.4 is 0 Å². The Bertz CT molecular complexity index is 80.1. The van der Waals surface area contributed by atoms with Crippen LogP contribution in [0.1, 0.15) is 13.8 Å². The van der Waals surface area contributed by atoms with E-state index in [0.29, 0.717) is 6.10 Å². The molecule has 0 aromatic heterocycles. The van der Waals surface area contributed by atoms with Gasteiger partial charge in [-0.1, -0.05) is 22.6 Å². The van der Waals surface area contributed by atoms with Gasteiger partial charge in [0, 0.05) is 4.43 Å². The van der Waals surface area contributed by atoms with Crippen molar-refractivity contribution in [1.29, 1.82) is 0 Å². The van der Waals surface area contributed by atoms with Crippen LogP contribution in [0.4, 0.5) is 0 Å². The number of hydrogen-bond donors (Lipinski definition) is 0. The van der Waals surface area contributed by atoms with Crippen molar-refractivity contribution in [1.82, 2.24) is 0 Å². The van der Waals surface area contributed by atoms with E-state index in [1.165, 1.54) is 0 Å². The van der Waals surface area contributed by atoms with E-state index in [0.717, 1.165) is 4.43 Å². The minimum absolute atomic E-state index is 0.210. The fraction of sp³-hybridized carbons (Fsp3) is 1.00. The van der Waals surface area contributed by atoms with Gasteiger partial charge >= 0.3 is 0 Å². The van der Waals surface area contributed by atoms with Gasteiger partial charge in [0.15, 0.2) is 0 Å². The fourth-order valence-electron chi connectivity index (χ4n) is 0.550. The topological polar surface area (TPSA) is 12.5 Å². The lowest BCUT2D eigenvalue weighted by Crippen LogP contribution is -2.02. The summed E-state index contributed by atoms with van der Waals surface area (Å²) in [4.78, 5) is 0. The summed E-state index contributed by atoms with van der Waals surface area (Å²) in [5.41, 5.74) is 0.210. The highest BCUT2D eigenvalue weighted by molar-refractivity contribution is 14.1. The van der Waals surface area contributed by atoms with Crippen LogP contribution in [0.15, 0.2) is 0 Å². The predicted octanol–water partition coefficient (Wildman–Crippen LogP) is 1.60. The van der Waals surface area contributed by atoms with E-state index in [1.54, 1.807) is 0 Å². The second-order valence-corrected chi connectivity index (χ2v) is 3.25. The molecule has 1 aliphatic heterocycles. The van der Waals surface area contributed by atoms with Gasteiger partial charge in [0.25, 0.3) is 0 Å². The predicted molar refractivity (Wildman–Crippen MR) is 37.8 cm³/mol. The minimum atomic E-state index is 0.210.